The van der Waals surface area contributed by atoms with Crippen LogP contribution in [0.4, 0.5) is 11.4 Å². The number of fused-ring (bicyclic) bond motifs is 1. The summed E-state index contributed by atoms with van der Waals surface area (Å²) in [5.74, 6) is 0. The molecule has 0 atom stereocenters. The molecule has 0 saturated carbocycles. The molecule has 3 rings (SSSR count). The molecule has 5 heteroatoms. The highest BCUT2D eigenvalue weighted by Crippen LogP contribution is 2.34. The van der Waals surface area contributed by atoms with Crippen molar-refractivity contribution in [1.29, 1.82) is 0 Å². The fraction of sp³-hybridized carbons (Fsp3) is 0.200. The minimum Gasteiger partial charge on any atom is -0.361 e. The van der Waals surface area contributed by atoms with Crippen molar-refractivity contribution < 1.29 is 4.92 Å². The van der Waals surface area contributed by atoms with Crippen LogP contribution in [0.1, 0.15) is 11.1 Å². The van der Waals surface area contributed by atoms with Crippen LogP contribution >= 0.6 is 15.9 Å². The van der Waals surface area contributed by atoms with Gasteiger partial charge in [0.25, 0.3) is 5.69 Å². The molecule has 0 amide bonds. The maximum Gasteiger partial charge on any atom is 0.293 e. The minimum absolute atomic E-state index is 0.152. The molecule has 2 aromatic rings. The Morgan fingerprint density at radius 1 is 1.15 bits per heavy atom. The zero-order valence-corrected chi connectivity index (χ0v) is 12.3. The van der Waals surface area contributed by atoms with Crippen LogP contribution in [-0.2, 0) is 13.0 Å². The maximum absolute atomic E-state index is 11.2. The van der Waals surface area contributed by atoms with Crippen LogP contribution < -0.4 is 4.90 Å². The van der Waals surface area contributed by atoms with E-state index in [9.17, 15) is 10.1 Å². The van der Waals surface area contributed by atoms with Crippen molar-refractivity contribution in [2.45, 2.75) is 13.0 Å². The lowest BCUT2D eigenvalue weighted by molar-refractivity contribution is -0.384. The molecular formula is C15H13BrN2O2. The normalized spacial score (nSPS) is 13.9. The quantitative estimate of drug-likeness (QED) is 0.618. The monoisotopic (exact) mass is 332 g/mol. The highest BCUT2D eigenvalue weighted by atomic mass is 79.9. The summed E-state index contributed by atoms with van der Waals surface area (Å²) in [5.41, 5.74) is 3.42. The first-order valence-corrected chi connectivity index (χ1v) is 7.20. The van der Waals surface area contributed by atoms with Gasteiger partial charge >= 0.3 is 0 Å². The first-order chi connectivity index (χ1) is 9.65. The van der Waals surface area contributed by atoms with Crippen LogP contribution in [0.25, 0.3) is 0 Å². The van der Waals surface area contributed by atoms with Crippen molar-refractivity contribution in [1.82, 2.24) is 0 Å². The van der Waals surface area contributed by atoms with Gasteiger partial charge in [-0.25, -0.2) is 0 Å². The molecular weight excluding hydrogens is 320 g/mol. The fourth-order valence-electron chi connectivity index (χ4n) is 2.61. The molecule has 1 heterocycles. The SMILES string of the molecule is O=[N+]([O-])c1cc(Br)ccc1N1CCc2ccccc2C1. The lowest BCUT2D eigenvalue weighted by Crippen LogP contribution is -2.30. The van der Waals surface area contributed by atoms with E-state index in [1.807, 2.05) is 24.3 Å². The lowest BCUT2D eigenvalue weighted by Gasteiger charge is -2.30. The van der Waals surface area contributed by atoms with Crippen LogP contribution in [-0.4, -0.2) is 11.5 Å². The third-order valence-electron chi connectivity index (χ3n) is 3.61. The first kappa shape index (κ1) is 13.1. The van der Waals surface area contributed by atoms with Gasteiger partial charge in [-0.15, -0.1) is 0 Å². The molecule has 20 heavy (non-hydrogen) atoms. The largest absolute Gasteiger partial charge is 0.361 e. The Morgan fingerprint density at radius 3 is 2.65 bits per heavy atom. The number of benzene rings is 2. The van der Waals surface area contributed by atoms with Crippen LogP contribution in [0.2, 0.25) is 0 Å². The van der Waals surface area contributed by atoms with E-state index in [2.05, 4.69) is 33.0 Å². The Bertz CT molecular complexity index is 673. The van der Waals surface area contributed by atoms with Crippen molar-refractivity contribution in [2.24, 2.45) is 0 Å². The van der Waals surface area contributed by atoms with Gasteiger partial charge in [-0.2, -0.15) is 0 Å². The number of anilines is 1. The van der Waals surface area contributed by atoms with Crippen molar-refractivity contribution >= 4 is 27.3 Å². The molecule has 0 radical (unpaired) electrons. The van der Waals surface area contributed by atoms with Gasteiger partial charge in [-0.1, -0.05) is 40.2 Å². The van der Waals surface area contributed by atoms with Crippen molar-refractivity contribution in [2.75, 3.05) is 11.4 Å². The Labute approximate surface area is 125 Å². The van der Waals surface area contributed by atoms with Crippen LogP contribution in [0, 0.1) is 10.1 Å². The third kappa shape index (κ3) is 2.41. The Morgan fingerprint density at radius 2 is 1.90 bits per heavy atom. The van der Waals surface area contributed by atoms with Gasteiger partial charge in [-0.3, -0.25) is 10.1 Å². The molecule has 4 nitrogen and oxygen atoms in total. The molecule has 0 fully saturated rings. The molecule has 0 spiro atoms. The fourth-order valence-corrected chi connectivity index (χ4v) is 2.96. The van der Waals surface area contributed by atoms with E-state index in [-0.39, 0.29) is 10.6 Å². The average molecular weight is 333 g/mol. The molecule has 2 aromatic carbocycles. The van der Waals surface area contributed by atoms with Gasteiger partial charge in [0.15, 0.2) is 0 Å². The van der Waals surface area contributed by atoms with Gasteiger partial charge in [-0.05, 0) is 29.7 Å². The standard InChI is InChI=1S/C15H13BrN2O2/c16-13-5-6-14(15(9-13)18(19)20)17-8-7-11-3-1-2-4-12(11)10-17/h1-6,9H,7-8,10H2. The molecule has 0 unspecified atom stereocenters. The van der Waals surface area contributed by atoms with E-state index in [0.717, 1.165) is 24.0 Å². The van der Waals surface area contributed by atoms with E-state index in [4.69, 9.17) is 0 Å². The number of hydrogen-bond acceptors (Lipinski definition) is 3. The Balaban J connectivity index is 1.97. The summed E-state index contributed by atoms with van der Waals surface area (Å²) in [6.07, 6.45) is 0.920. The summed E-state index contributed by atoms with van der Waals surface area (Å²) in [6.45, 7) is 1.53. The molecule has 1 aliphatic rings. The number of nitrogens with zero attached hydrogens (tertiary/aromatic N) is 2. The number of nitro benzene ring substituents is 1. The van der Waals surface area contributed by atoms with E-state index in [1.54, 1.807) is 6.07 Å². The second kappa shape index (κ2) is 5.25. The van der Waals surface area contributed by atoms with E-state index >= 15 is 0 Å². The first-order valence-electron chi connectivity index (χ1n) is 6.41. The second-order valence-corrected chi connectivity index (χ2v) is 5.75. The van der Waals surface area contributed by atoms with Gasteiger partial charge in [0.2, 0.25) is 0 Å². The van der Waals surface area contributed by atoms with Crippen LogP contribution in [0.5, 0.6) is 0 Å². The van der Waals surface area contributed by atoms with E-state index in [0.29, 0.717) is 5.69 Å². The Hall–Kier alpha value is -1.88. The summed E-state index contributed by atoms with van der Waals surface area (Å²) >= 11 is 3.29. The minimum atomic E-state index is -0.319. The lowest BCUT2D eigenvalue weighted by atomic mass is 9.99. The van der Waals surface area contributed by atoms with Crippen LogP contribution in [0.15, 0.2) is 46.9 Å². The van der Waals surface area contributed by atoms with Crippen molar-refractivity contribution in [3.8, 4) is 0 Å². The topological polar surface area (TPSA) is 46.4 Å². The van der Waals surface area contributed by atoms with Gasteiger partial charge in [0.1, 0.15) is 5.69 Å². The summed E-state index contributed by atoms with van der Waals surface area (Å²) in [4.78, 5) is 13.0. The van der Waals surface area contributed by atoms with Gasteiger partial charge in [0.05, 0.1) is 4.92 Å². The summed E-state index contributed by atoms with van der Waals surface area (Å²) in [7, 11) is 0. The molecule has 0 aromatic heterocycles. The smallest absolute Gasteiger partial charge is 0.293 e. The molecule has 0 N–H and O–H groups in total. The number of rotatable bonds is 2. The second-order valence-electron chi connectivity index (χ2n) is 4.83. The molecule has 0 aliphatic carbocycles. The van der Waals surface area contributed by atoms with E-state index < -0.39 is 0 Å². The number of nitro groups is 1. The summed E-state index contributed by atoms with van der Waals surface area (Å²) in [6, 6.07) is 13.5. The molecule has 102 valence electrons. The molecule has 0 bridgehead atoms. The van der Waals surface area contributed by atoms with E-state index in [1.165, 1.54) is 11.1 Å². The third-order valence-corrected chi connectivity index (χ3v) is 4.10. The van der Waals surface area contributed by atoms with Crippen molar-refractivity contribution in [3.05, 3.63) is 68.2 Å². The average Bonchev–Trinajstić information content (AvgIpc) is 2.46. The predicted molar refractivity (Wildman–Crippen MR) is 82.0 cm³/mol. The Kier molecular flexibility index (Phi) is 3.44. The highest BCUT2D eigenvalue weighted by Gasteiger charge is 2.23. The van der Waals surface area contributed by atoms with Crippen LogP contribution in [0.3, 0.4) is 0 Å². The zero-order valence-electron chi connectivity index (χ0n) is 10.8. The summed E-state index contributed by atoms with van der Waals surface area (Å²) in [5, 5.41) is 11.2. The van der Waals surface area contributed by atoms with Gasteiger partial charge in [0, 0.05) is 23.6 Å². The number of halogens is 1. The molecule has 0 saturated heterocycles. The molecule has 1 aliphatic heterocycles. The zero-order chi connectivity index (χ0) is 14.1. The highest BCUT2D eigenvalue weighted by molar-refractivity contribution is 9.10. The summed E-state index contributed by atoms with van der Waals surface area (Å²) < 4.78 is 0.727. The number of hydrogen-bond donors (Lipinski definition) is 0. The predicted octanol–water partition coefficient (Wildman–Crippen LogP) is 3.92. The van der Waals surface area contributed by atoms with Crippen molar-refractivity contribution in [3.63, 3.8) is 0 Å². The maximum atomic E-state index is 11.2. The van der Waals surface area contributed by atoms with Gasteiger partial charge < -0.3 is 4.90 Å².